The minimum atomic E-state index is -4.02. The Morgan fingerprint density at radius 1 is 1.00 bits per heavy atom. The van der Waals surface area contributed by atoms with E-state index in [1.165, 1.54) is 12.1 Å². The summed E-state index contributed by atoms with van der Waals surface area (Å²) in [5.74, 6) is 0. The molecular weight excluding hydrogens is 364 g/mol. The highest BCUT2D eigenvalue weighted by molar-refractivity contribution is 7.85. The number of pyridine rings is 1. The Morgan fingerprint density at radius 3 is 2.19 bits per heavy atom. The van der Waals surface area contributed by atoms with E-state index < -0.39 is 10.1 Å². The molecule has 27 heavy (non-hydrogen) atoms. The van der Waals surface area contributed by atoms with Crippen LogP contribution in [0, 0.1) is 6.92 Å². The van der Waals surface area contributed by atoms with Crippen molar-refractivity contribution < 1.29 is 18.2 Å². The fourth-order valence-electron chi connectivity index (χ4n) is 2.23. The summed E-state index contributed by atoms with van der Waals surface area (Å²) >= 11 is 0. The Bertz CT molecular complexity index is 972. The average Bonchev–Trinajstić information content (AvgIpc) is 2.68. The molecule has 0 fully saturated rings. The molecule has 2 aromatic carbocycles. The van der Waals surface area contributed by atoms with Gasteiger partial charge in [0.2, 0.25) is 0 Å². The van der Waals surface area contributed by atoms with E-state index in [1.807, 2.05) is 49.4 Å². The summed E-state index contributed by atoms with van der Waals surface area (Å²) in [5, 5.41) is 12.3. The van der Waals surface area contributed by atoms with E-state index in [4.69, 9.17) is 9.76 Å². The first kappa shape index (κ1) is 20.3. The number of hydrogen-bond donors (Lipinski definition) is 2. The van der Waals surface area contributed by atoms with E-state index in [2.05, 4.69) is 10.1 Å². The van der Waals surface area contributed by atoms with Gasteiger partial charge in [-0.2, -0.15) is 8.42 Å². The van der Waals surface area contributed by atoms with Crippen molar-refractivity contribution in [3.05, 3.63) is 95.8 Å². The number of rotatable bonds is 4. The van der Waals surface area contributed by atoms with Gasteiger partial charge in [0.25, 0.3) is 10.1 Å². The molecule has 0 spiro atoms. The van der Waals surface area contributed by atoms with Crippen molar-refractivity contribution in [2.75, 3.05) is 0 Å². The summed E-state index contributed by atoms with van der Waals surface area (Å²) in [6, 6.07) is 19.6. The third-order valence-corrected chi connectivity index (χ3v) is 4.52. The highest BCUT2D eigenvalue weighted by atomic mass is 32.2. The Labute approximate surface area is 158 Å². The first-order valence-corrected chi connectivity index (χ1v) is 9.53. The molecule has 0 saturated carbocycles. The van der Waals surface area contributed by atoms with E-state index in [1.54, 1.807) is 24.5 Å². The third-order valence-electron chi connectivity index (χ3n) is 3.65. The molecule has 0 radical (unpaired) electrons. The van der Waals surface area contributed by atoms with E-state index in [9.17, 15) is 8.42 Å². The summed E-state index contributed by atoms with van der Waals surface area (Å²) in [7, 11) is -4.02. The van der Waals surface area contributed by atoms with E-state index in [0.29, 0.717) is 12.1 Å². The van der Waals surface area contributed by atoms with Gasteiger partial charge in [-0.25, -0.2) is 0 Å². The van der Waals surface area contributed by atoms with Crippen LogP contribution in [0.25, 0.3) is 0 Å². The lowest BCUT2D eigenvalue weighted by Gasteiger charge is -2.03. The molecule has 0 saturated heterocycles. The van der Waals surface area contributed by atoms with Crippen LogP contribution < -0.4 is 0 Å². The van der Waals surface area contributed by atoms with Crippen molar-refractivity contribution in [3.8, 4) is 0 Å². The topological polar surface area (TPSA) is 99.9 Å². The van der Waals surface area contributed by atoms with Crippen molar-refractivity contribution in [1.29, 1.82) is 0 Å². The third kappa shape index (κ3) is 6.65. The zero-order chi connectivity index (χ0) is 19.7. The second-order valence-electron chi connectivity index (χ2n) is 5.74. The largest absolute Gasteiger partial charge is 0.411 e. The molecule has 1 heterocycles. The fraction of sp³-hybridized carbons (Fsp3) is 0.100. The maximum Gasteiger partial charge on any atom is 0.294 e. The van der Waals surface area contributed by atoms with Crippen LogP contribution in [0.5, 0.6) is 0 Å². The van der Waals surface area contributed by atoms with Gasteiger partial charge in [0.1, 0.15) is 0 Å². The lowest BCUT2D eigenvalue weighted by molar-refractivity contribution is 0.318. The van der Waals surface area contributed by atoms with Crippen LogP contribution in [0.2, 0.25) is 0 Å². The predicted molar refractivity (Wildman–Crippen MR) is 104 cm³/mol. The average molecular weight is 384 g/mol. The zero-order valence-electron chi connectivity index (χ0n) is 14.7. The molecule has 0 amide bonds. The minimum absolute atomic E-state index is 0.0666. The summed E-state index contributed by atoms with van der Waals surface area (Å²) in [5.41, 5.74) is 3.53. The van der Waals surface area contributed by atoms with Crippen molar-refractivity contribution in [3.63, 3.8) is 0 Å². The summed E-state index contributed by atoms with van der Waals surface area (Å²) in [6.07, 6.45) is 3.99. The van der Waals surface area contributed by atoms with Crippen LogP contribution in [-0.4, -0.2) is 28.9 Å². The molecule has 1 aromatic heterocycles. The highest BCUT2D eigenvalue weighted by Crippen LogP contribution is 2.09. The number of aromatic nitrogens is 1. The summed E-state index contributed by atoms with van der Waals surface area (Å²) in [6.45, 7) is 1.84. The molecule has 0 aliphatic rings. The van der Waals surface area contributed by atoms with Crippen LogP contribution in [0.4, 0.5) is 0 Å². The van der Waals surface area contributed by atoms with E-state index >= 15 is 0 Å². The monoisotopic (exact) mass is 384 g/mol. The SMILES string of the molecule is Cc1ccc(S(=O)(=O)O)cc1.ON=C(Cc1ccccc1)c1cccnc1. The highest BCUT2D eigenvalue weighted by Gasteiger charge is 2.07. The predicted octanol–water partition coefficient (Wildman–Crippen LogP) is 3.74. The van der Waals surface area contributed by atoms with E-state index in [-0.39, 0.29) is 4.90 Å². The molecule has 140 valence electrons. The van der Waals surface area contributed by atoms with Crippen LogP contribution in [0.3, 0.4) is 0 Å². The number of hydrogen-bond acceptors (Lipinski definition) is 5. The van der Waals surface area contributed by atoms with Crippen LogP contribution in [0.15, 0.2) is 89.2 Å². The van der Waals surface area contributed by atoms with Gasteiger partial charge in [-0.1, -0.05) is 53.2 Å². The molecule has 0 aliphatic heterocycles. The molecule has 2 N–H and O–H groups in total. The van der Waals surface area contributed by atoms with Crippen molar-refractivity contribution in [2.45, 2.75) is 18.2 Å². The van der Waals surface area contributed by atoms with Gasteiger partial charge in [-0.3, -0.25) is 9.54 Å². The van der Waals surface area contributed by atoms with Crippen LogP contribution in [0.1, 0.15) is 16.7 Å². The molecule has 0 bridgehead atoms. The van der Waals surface area contributed by atoms with Gasteiger partial charge in [-0.15, -0.1) is 0 Å². The van der Waals surface area contributed by atoms with Crippen LogP contribution in [-0.2, 0) is 16.5 Å². The van der Waals surface area contributed by atoms with Crippen molar-refractivity contribution in [1.82, 2.24) is 4.98 Å². The number of aryl methyl sites for hydroxylation is 1. The van der Waals surface area contributed by atoms with Gasteiger partial charge >= 0.3 is 0 Å². The smallest absolute Gasteiger partial charge is 0.294 e. The second kappa shape index (κ2) is 9.61. The molecule has 0 aliphatic carbocycles. The number of oxime groups is 1. The van der Waals surface area contributed by atoms with Crippen molar-refractivity contribution >= 4 is 15.8 Å². The maximum absolute atomic E-state index is 10.5. The van der Waals surface area contributed by atoms with Gasteiger partial charge in [0.15, 0.2) is 0 Å². The molecule has 0 atom stereocenters. The maximum atomic E-state index is 10.5. The summed E-state index contributed by atoms with van der Waals surface area (Å²) in [4.78, 5) is 3.94. The standard InChI is InChI=1S/C13H12N2O.C7H8O3S/c16-15-13(12-7-4-8-14-10-12)9-11-5-2-1-3-6-11;1-6-2-4-7(5-3-6)11(8,9)10/h1-8,10,16H,9H2;2-5H,1H3,(H,8,9,10). The van der Waals surface area contributed by atoms with Gasteiger partial charge in [-0.05, 0) is 36.8 Å². The molecule has 6 nitrogen and oxygen atoms in total. The number of nitrogens with zero attached hydrogens (tertiary/aromatic N) is 2. The fourth-order valence-corrected chi connectivity index (χ4v) is 2.71. The first-order chi connectivity index (χ1) is 12.9. The number of benzene rings is 2. The Morgan fingerprint density at radius 2 is 1.67 bits per heavy atom. The quantitative estimate of drug-likeness (QED) is 0.309. The molecule has 7 heteroatoms. The van der Waals surface area contributed by atoms with Gasteiger partial charge in [0, 0.05) is 24.4 Å². The molecule has 3 aromatic rings. The molecule has 0 unspecified atom stereocenters. The second-order valence-corrected chi connectivity index (χ2v) is 7.16. The Hall–Kier alpha value is -3.03. The zero-order valence-corrected chi connectivity index (χ0v) is 15.5. The van der Waals surface area contributed by atoms with Crippen molar-refractivity contribution in [2.24, 2.45) is 5.16 Å². The molecular formula is C20H20N2O4S. The lowest BCUT2D eigenvalue weighted by Crippen LogP contribution is -2.05. The lowest BCUT2D eigenvalue weighted by atomic mass is 10.0. The van der Waals surface area contributed by atoms with Crippen LogP contribution >= 0.6 is 0 Å². The minimum Gasteiger partial charge on any atom is -0.411 e. The molecule has 3 rings (SSSR count). The normalized spacial score (nSPS) is 11.4. The van der Waals surface area contributed by atoms with Gasteiger partial charge < -0.3 is 5.21 Å². The Kier molecular flexibility index (Phi) is 7.22. The first-order valence-electron chi connectivity index (χ1n) is 8.09. The van der Waals surface area contributed by atoms with Gasteiger partial charge in [0.05, 0.1) is 10.6 Å². The van der Waals surface area contributed by atoms with E-state index in [0.717, 1.165) is 16.7 Å². The Balaban J connectivity index is 0.000000208. The summed E-state index contributed by atoms with van der Waals surface area (Å²) < 4.78 is 29.6.